The fraction of sp³-hybridized carbons (Fsp3) is 0.148. The van der Waals surface area contributed by atoms with Gasteiger partial charge in [-0.3, -0.25) is 0 Å². The van der Waals surface area contributed by atoms with Crippen molar-refractivity contribution < 1.29 is 8.83 Å². The van der Waals surface area contributed by atoms with Gasteiger partial charge >= 0.3 is 0 Å². The summed E-state index contributed by atoms with van der Waals surface area (Å²) in [5.74, 6) is 1.70. The van der Waals surface area contributed by atoms with Gasteiger partial charge in [-0.1, -0.05) is 167 Å². The maximum absolute atomic E-state index is 7.09. The summed E-state index contributed by atoms with van der Waals surface area (Å²) in [5, 5.41) is 8.52. The Morgan fingerprint density at radius 1 is 0.536 bits per heavy atom. The summed E-state index contributed by atoms with van der Waals surface area (Å²) in [6.45, 7) is 6.92. The number of benzene rings is 8. The van der Waals surface area contributed by atoms with Gasteiger partial charge < -0.3 is 8.83 Å². The lowest BCUT2D eigenvalue weighted by molar-refractivity contribution is 0.524. The number of furan rings is 2. The van der Waals surface area contributed by atoms with E-state index in [-0.39, 0.29) is 0 Å². The van der Waals surface area contributed by atoms with E-state index in [1.54, 1.807) is 0 Å². The Balaban J connectivity index is 1.16. The minimum Gasteiger partial charge on any atom is -0.456 e. The molecule has 8 aromatic carbocycles. The second kappa shape index (κ2) is 14.0. The Bertz CT molecular complexity index is 3020. The molecular formula is C54H44O2. The number of aryl methyl sites for hydroxylation is 1. The van der Waals surface area contributed by atoms with Crippen LogP contribution in [0.4, 0.5) is 0 Å². The summed E-state index contributed by atoms with van der Waals surface area (Å²) in [4.78, 5) is 0. The van der Waals surface area contributed by atoms with Crippen LogP contribution in [0.15, 0.2) is 173 Å². The molecule has 0 saturated carbocycles. The summed E-state index contributed by atoms with van der Waals surface area (Å²) >= 11 is 0. The van der Waals surface area contributed by atoms with Gasteiger partial charge in [-0.05, 0) is 98.5 Å². The topological polar surface area (TPSA) is 26.3 Å². The Kier molecular flexibility index (Phi) is 8.56. The van der Waals surface area contributed by atoms with E-state index in [1.807, 2.05) is 0 Å². The van der Waals surface area contributed by atoms with E-state index in [9.17, 15) is 0 Å². The average molecular weight is 725 g/mol. The standard InChI is InChI=1S/C54H44O2/c1-4-16-45-43-28-26-40(33-50(43)56-54(45)46(38-21-13-8-14-22-38)31-35(5-2)34(3)36-17-9-6-10-18-36)39-25-27-42-44-23-15-24-48-52(44)53-49(55-48)30-29-41(51(53)47(42)32-39)37-19-11-7-12-20-37/h6-15,17-35H,4-5,16H2,1-3H3/b46-31-. The highest BCUT2D eigenvalue weighted by Crippen LogP contribution is 2.47. The molecule has 0 spiro atoms. The molecule has 2 unspecified atom stereocenters. The van der Waals surface area contributed by atoms with Gasteiger partial charge in [0.25, 0.3) is 0 Å². The lowest BCUT2D eigenvalue weighted by Gasteiger charge is -2.22. The van der Waals surface area contributed by atoms with Gasteiger partial charge in [-0.25, -0.2) is 0 Å². The first-order chi connectivity index (χ1) is 27.6. The molecule has 0 saturated heterocycles. The highest BCUT2D eigenvalue weighted by atomic mass is 16.3. The van der Waals surface area contributed by atoms with Gasteiger partial charge in [0.1, 0.15) is 22.5 Å². The number of fused-ring (bicyclic) bond motifs is 4. The highest BCUT2D eigenvalue weighted by Gasteiger charge is 2.24. The molecule has 0 aliphatic carbocycles. The van der Waals surface area contributed by atoms with Crippen molar-refractivity contribution in [3.63, 3.8) is 0 Å². The molecule has 0 bridgehead atoms. The van der Waals surface area contributed by atoms with Gasteiger partial charge in [0.05, 0.1) is 0 Å². The normalized spacial score (nSPS) is 13.4. The Labute approximate surface area is 328 Å². The smallest absolute Gasteiger partial charge is 0.138 e. The van der Waals surface area contributed by atoms with Gasteiger partial charge in [0.2, 0.25) is 0 Å². The number of allylic oxidation sites excluding steroid dienone is 1. The van der Waals surface area contributed by atoms with E-state index in [4.69, 9.17) is 8.83 Å². The van der Waals surface area contributed by atoms with Crippen molar-refractivity contribution in [3.8, 4) is 22.3 Å². The lowest BCUT2D eigenvalue weighted by atomic mass is 9.83. The van der Waals surface area contributed by atoms with Gasteiger partial charge in [0.15, 0.2) is 0 Å². The maximum atomic E-state index is 7.09. The Hall–Kier alpha value is -6.38. The fourth-order valence-electron chi connectivity index (χ4n) is 9.24. The molecule has 10 rings (SSSR count). The largest absolute Gasteiger partial charge is 0.456 e. The number of rotatable bonds is 10. The van der Waals surface area contributed by atoms with Crippen LogP contribution in [0, 0.1) is 5.92 Å². The third-order valence-electron chi connectivity index (χ3n) is 12.1. The molecule has 2 heterocycles. The van der Waals surface area contributed by atoms with Crippen LogP contribution in [0.2, 0.25) is 0 Å². The maximum Gasteiger partial charge on any atom is 0.138 e. The second-order valence-electron chi connectivity index (χ2n) is 15.4. The molecule has 0 aliphatic heterocycles. The summed E-state index contributed by atoms with van der Waals surface area (Å²) in [6, 6.07) is 57.1. The molecule has 0 N–H and O–H groups in total. The van der Waals surface area contributed by atoms with Crippen molar-refractivity contribution in [1.29, 1.82) is 0 Å². The molecular weight excluding hydrogens is 681 g/mol. The van der Waals surface area contributed by atoms with Crippen molar-refractivity contribution in [1.82, 2.24) is 0 Å². The monoisotopic (exact) mass is 724 g/mol. The summed E-state index contributed by atoms with van der Waals surface area (Å²) < 4.78 is 13.6. The van der Waals surface area contributed by atoms with Crippen LogP contribution in [0.5, 0.6) is 0 Å². The zero-order valence-electron chi connectivity index (χ0n) is 32.2. The van der Waals surface area contributed by atoms with E-state index < -0.39 is 0 Å². The van der Waals surface area contributed by atoms with Crippen molar-refractivity contribution in [2.75, 3.05) is 0 Å². The van der Waals surface area contributed by atoms with Crippen molar-refractivity contribution in [2.24, 2.45) is 5.92 Å². The molecule has 2 nitrogen and oxygen atoms in total. The average Bonchev–Trinajstić information content (AvgIpc) is 3.82. The molecule has 0 aliphatic rings. The molecule has 2 heteroatoms. The van der Waals surface area contributed by atoms with Crippen LogP contribution in [0.1, 0.15) is 62.0 Å². The van der Waals surface area contributed by atoms with Gasteiger partial charge in [-0.15, -0.1) is 0 Å². The van der Waals surface area contributed by atoms with Crippen molar-refractivity contribution >= 4 is 60.0 Å². The number of hydrogen-bond acceptors (Lipinski definition) is 2. The summed E-state index contributed by atoms with van der Waals surface area (Å²) in [5.41, 5.74) is 12.5. The van der Waals surface area contributed by atoms with Gasteiger partial charge in [0, 0.05) is 32.7 Å². The van der Waals surface area contributed by atoms with Crippen LogP contribution in [-0.4, -0.2) is 0 Å². The van der Waals surface area contributed by atoms with E-state index >= 15 is 0 Å². The zero-order valence-corrected chi connectivity index (χ0v) is 32.2. The molecule has 0 radical (unpaired) electrons. The third-order valence-corrected chi connectivity index (χ3v) is 12.1. The Morgan fingerprint density at radius 3 is 1.98 bits per heavy atom. The first-order valence-corrected chi connectivity index (χ1v) is 20.2. The number of hydrogen-bond donors (Lipinski definition) is 0. The molecule has 10 aromatic rings. The second-order valence-corrected chi connectivity index (χ2v) is 15.4. The van der Waals surface area contributed by atoms with Crippen LogP contribution in [-0.2, 0) is 6.42 Å². The highest BCUT2D eigenvalue weighted by molar-refractivity contribution is 6.35. The Morgan fingerprint density at radius 2 is 1.23 bits per heavy atom. The zero-order chi connectivity index (χ0) is 37.8. The molecule has 0 fully saturated rings. The van der Waals surface area contributed by atoms with E-state index in [2.05, 4.69) is 185 Å². The van der Waals surface area contributed by atoms with Crippen molar-refractivity contribution in [3.05, 3.63) is 186 Å². The molecule has 0 amide bonds. The van der Waals surface area contributed by atoms with Crippen LogP contribution < -0.4 is 0 Å². The van der Waals surface area contributed by atoms with Crippen LogP contribution in [0.3, 0.4) is 0 Å². The lowest BCUT2D eigenvalue weighted by Crippen LogP contribution is -2.08. The predicted octanol–water partition coefficient (Wildman–Crippen LogP) is 15.6. The van der Waals surface area contributed by atoms with Crippen LogP contribution >= 0.6 is 0 Å². The van der Waals surface area contributed by atoms with Crippen molar-refractivity contribution in [2.45, 2.75) is 46.0 Å². The van der Waals surface area contributed by atoms with Crippen LogP contribution in [0.25, 0.3) is 82.3 Å². The third kappa shape index (κ3) is 5.63. The van der Waals surface area contributed by atoms with Gasteiger partial charge in [-0.2, -0.15) is 0 Å². The molecule has 272 valence electrons. The van der Waals surface area contributed by atoms with E-state index in [0.29, 0.717) is 11.8 Å². The minimum absolute atomic E-state index is 0.341. The summed E-state index contributed by atoms with van der Waals surface area (Å²) in [6.07, 6.45) is 5.50. The quantitative estimate of drug-likeness (QED) is 0.131. The first-order valence-electron chi connectivity index (χ1n) is 20.2. The summed E-state index contributed by atoms with van der Waals surface area (Å²) in [7, 11) is 0. The van der Waals surface area contributed by atoms with E-state index in [0.717, 1.165) is 52.9 Å². The SMILES string of the molecule is CCCc1c(/C(=C\C(CC)C(C)c2ccccc2)c2ccccc2)oc2cc(-c3ccc4c(c3)c3c(-c5ccccc5)ccc5oc6cccc4c6c53)ccc12. The molecule has 2 atom stereocenters. The molecule has 2 aromatic heterocycles. The predicted molar refractivity (Wildman–Crippen MR) is 237 cm³/mol. The van der Waals surface area contributed by atoms with E-state index in [1.165, 1.54) is 71.1 Å². The first kappa shape index (κ1) is 34.1. The molecule has 56 heavy (non-hydrogen) atoms. The fourth-order valence-corrected chi connectivity index (χ4v) is 9.24. The minimum atomic E-state index is 0.341.